The van der Waals surface area contributed by atoms with E-state index in [9.17, 15) is 28.1 Å². The second kappa shape index (κ2) is 7.98. The molecule has 29 heavy (non-hydrogen) atoms. The van der Waals surface area contributed by atoms with Gasteiger partial charge in [0.05, 0.1) is 22.7 Å². The van der Waals surface area contributed by atoms with Crippen LogP contribution in [0.15, 0.2) is 42.5 Å². The van der Waals surface area contributed by atoms with E-state index in [0.29, 0.717) is 30.5 Å². The van der Waals surface area contributed by atoms with E-state index in [0.717, 1.165) is 12.1 Å². The third-order valence-corrected chi connectivity index (χ3v) is 4.41. The third kappa shape index (κ3) is 4.25. The molecule has 0 aromatic heterocycles. The molecular formula is C19H18F3N3O4. The Balaban J connectivity index is 2.06. The molecule has 3 rings (SSSR count). The van der Waals surface area contributed by atoms with Crippen LogP contribution in [-0.4, -0.2) is 30.0 Å². The van der Waals surface area contributed by atoms with Crippen molar-refractivity contribution in [2.75, 3.05) is 18.0 Å². The number of amides is 1. The van der Waals surface area contributed by atoms with Gasteiger partial charge >= 0.3 is 6.18 Å². The molecule has 0 fully saturated rings. The zero-order chi connectivity index (χ0) is 21.2. The Bertz CT molecular complexity index is 933. The SMILES string of the molecule is CCCNC(=O)[C@@H]1CN(c2ccc(C(F)(F)F)cc2[N+](=O)[O-])c2ccccc2O1. The molecule has 1 aliphatic rings. The number of carbonyl (C=O) groups excluding carboxylic acids is 1. The fourth-order valence-electron chi connectivity index (χ4n) is 3.04. The summed E-state index contributed by atoms with van der Waals surface area (Å²) in [5, 5.41) is 14.2. The zero-order valence-corrected chi connectivity index (χ0v) is 15.4. The number of nitrogens with one attached hydrogen (secondary N) is 1. The van der Waals surface area contributed by atoms with Gasteiger partial charge in [0.1, 0.15) is 11.4 Å². The Hall–Kier alpha value is -3.30. The van der Waals surface area contributed by atoms with E-state index in [4.69, 9.17) is 4.74 Å². The van der Waals surface area contributed by atoms with E-state index in [2.05, 4.69) is 5.32 Å². The van der Waals surface area contributed by atoms with E-state index in [1.54, 1.807) is 24.3 Å². The molecule has 2 aromatic rings. The van der Waals surface area contributed by atoms with Crippen LogP contribution in [0.2, 0.25) is 0 Å². The standard InChI is InChI=1S/C19H18F3N3O4/c1-2-9-23-18(26)17-11-24(14-5-3-4-6-16(14)29-17)13-8-7-12(19(20,21)22)10-15(13)25(27)28/h3-8,10,17H,2,9,11H2,1H3,(H,23,26)/t17-/m0/s1. The van der Waals surface area contributed by atoms with Crippen LogP contribution in [0.5, 0.6) is 5.75 Å². The van der Waals surface area contributed by atoms with E-state index in [1.165, 1.54) is 4.90 Å². The number of fused-ring (bicyclic) bond motifs is 1. The topological polar surface area (TPSA) is 84.7 Å². The number of nitro groups is 1. The molecule has 1 aliphatic heterocycles. The van der Waals surface area contributed by atoms with Gasteiger partial charge in [-0.15, -0.1) is 0 Å². The van der Waals surface area contributed by atoms with Crippen molar-refractivity contribution in [3.05, 3.63) is 58.1 Å². The molecule has 0 spiro atoms. The summed E-state index contributed by atoms with van der Waals surface area (Å²) >= 11 is 0. The van der Waals surface area contributed by atoms with Gasteiger partial charge in [-0.05, 0) is 30.7 Å². The summed E-state index contributed by atoms with van der Waals surface area (Å²) in [6.07, 6.45) is -4.98. The van der Waals surface area contributed by atoms with Gasteiger partial charge in [0.15, 0.2) is 6.10 Å². The molecule has 0 saturated heterocycles. The minimum atomic E-state index is -4.71. The maximum absolute atomic E-state index is 13.0. The van der Waals surface area contributed by atoms with Gasteiger partial charge in [0.2, 0.25) is 0 Å². The third-order valence-electron chi connectivity index (χ3n) is 4.41. The number of ether oxygens (including phenoxy) is 1. The monoisotopic (exact) mass is 409 g/mol. The second-order valence-corrected chi connectivity index (χ2v) is 6.43. The molecule has 0 bridgehead atoms. The summed E-state index contributed by atoms with van der Waals surface area (Å²) in [5.41, 5.74) is -1.45. The summed E-state index contributed by atoms with van der Waals surface area (Å²) in [6, 6.07) is 8.89. The fraction of sp³-hybridized carbons (Fsp3) is 0.316. The molecule has 0 saturated carbocycles. The van der Waals surface area contributed by atoms with Crippen molar-refractivity contribution in [3.8, 4) is 5.75 Å². The molecule has 1 N–H and O–H groups in total. The number of nitro benzene ring substituents is 1. The van der Waals surface area contributed by atoms with Crippen molar-refractivity contribution < 1.29 is 27.6 Å². The second-order valence-electron chi connectivity index (χ2n) is 6.43. The lowest BCUT2D eigenvalue weighted by Crippen LogP contribution is -2.47. The van der Waals surface area contributed by atoms with Crippen LogP contribution in [0.4, 0.5) is 30.2 Å². The minimum Gasteiger partial charge on any atom is -0.477 e. The fourth-order valence-corrected chi connectivity index (χ4v) is 3.04. The number of alkyl halides is 3. The number of hydrogen-bond acceptors (Lipinski definition) is 5. The molecule has 1 heterocycles. The first-order valence-electron chi connectivity index (χ1n) is 8.89. The van der Waals surface area contributed by atoms with Crippen molar-refractivity contribution in [3.63, 3.8) is 0 Å². The maximum atomic E-state index is 13.0. The van der Waals surface area contributed by atoms with Crippen LogP contribution in [-0.2, 0) is 11.0 Å². The van der Waals surface area contributed by atoms with Crippen molar-refractivity contribution in [1.29, 1.82) is 0 Å². The highest BCUT2D eigenvalue weighted by molar-refractivity contribution is 5.86. The molecule has 1 atom stereocenters. The molecule has 1 amide bonds. The maximum Gasteiger partial charge on any atom is 0.416 e. The van der Waals surface area contributed by atoms with Crippen molar-refractivity contribution in [2.24, 2.45) is 0 Å². The highest BCUT2D eigenvalue weighted by Gasteiger charge is 2.37. The summed E-state index contributed by atoms with van der Waals surface area (Å²) in [4.78, 5) is 24.5. The molecular weight excluding hydrogens is 391 g/mol. The Kier molecular flexibility index (Phi) is 5.62. The predicted molar refractivity (Wildman–Crippen MR) is 99.3 cm³/mol. The number of nitrogens with zero attached hydrogens (tertiary/aromatic N) is 2. The van der Waals surface area contributed by atoms with Crippen molar-refractivity contribution >= 4 is 23.0 Å². The van der Waals surface area contributed by atoms with Crippen LogP contribution in [0.3, 0.4) is 0 Å². The lowest BCUT2D eigenvalue weighted by molar-refractivity contribution is -0.384. The number of rotatable bonds is 5. The molecule has 7 nitrogen and oxygen atoms in total. The number of carbonyl (C=O) groups is 1. The Labute approximate surface area is 164 Å². The van der Waals surface area contributed by atoms with Crippen LogP contribution >= 0.6 is 0 Å². The molecule has 0 unspecified atom stereocenters. The summed E-state index contributed by atoms with van der Waals surface area (Å²) in [7, 11) is 0. The Morgan fingerprint density at radius 1 is 1.28 bits per heavy atom. The van der Waals surface area contributed by atoms with E-state index in [-0.39, 0.29) is 12.2 Å². The van der Waals surface area contributed by atoms with E-state index >= 15 is 0 Å². The average Bonchev–Trinajstić information content (AvgIpc) is 2.70. The van der Waals surface area contributed by atoms with Gasteiger partial charge in [-0.25, -0.2) is 0 Å². The lowest BCUT2D eigenvalue weighted by Gasteiger charge is -2.35. The molecule has 10 heteroatoms. The first-order valence-corrected chi connectivity index (χ1v) is 8.89. The molecule has 2 aromatic carbocycles. The quantitative estimate of drug-likeness (QED) is 0.595. The van der Waals surface area contributed by atoms with Crippen LogP contribution in [0.25, 0.3) is 0 Å². The normalized spacial score (nSPS) is 16.0. The predicted octanol–water partition coefficient (Wildman–Crippen LogP) is 4.04. The van der Waals surface area contributed by atoms with Crippen molar-refractivity contribution in [1.82, 2.24) is 5.32 Å². The van der Waals surface area contributed by atoms with E-state index < -0.39 is 34.4 Å². The van der Waals surface area contributed by atoms with Gasteiger partial charge in [-0.3, -0.25) is 14.9 Å². The Morgan fingerprint density at radius 2 is 2.00 bits per heavy atom. The van der Waals surface area contributed by atoms with Gasteiger partial charge in [0, 0.05) is 12.6 Å². The van der Waals surface area contributed by atoms with Crippen LogP contribution < -0.4 is 15.0 Å². The van der Waals surface area contributed by atoms with Gasteiger partial charge in [-0.1, -0.05) is 19.1 Å². The smallest absolute Gasteiger partial charge is 0.416 e. The molecule has 0 radical (unpaired) electrons. The minimum absolute atomic E-state index is 0.0490. The van der Waals surface area contributed by atoms with Gasteiger partial charge in [0.25, 0.3) is 11.6 Å². The summed E-state index contributed by atoms with van der Waals surface area (Å²) in [6.45, 7) is 2.23. The highest BCUT2D eigenvalue weighted by atomic mass is 19.4. The number of halogens is 3. The van der Waals surface area contributed by atoms with E-state index in [1.807, 2.05) is 6.92 Å². The molecule has 154 valence electrons. The average molecular weight is 409 g/mol. The number of benzene rings is 2. The zero-order valence-electron chi connectivity index (χ0n) is 15.4. The summed E-state index contributed by atoms with van der Waals surface area (Å²) < 4.78 is 44.8. The first kappa shape index (κ1) is 20.4. The van der Waals surface area contributed by atoms with Gasteiger partial charge < -0.3 is 15.0 Å². The first-order chi connectivity index (χ1) is 13.7. The largest absolute Gasteiger partial charge is 0.477 e. The summed E-state index contributed by atoms with van der Waals surface area (Å²) in [5.74, 6) is -0.0921. The van der Waals surface area contributed by atoms with Crippen LogP contribution in [0, 0.1) is 10.1 Å². The Morgan fingerprint density at radius 3 is 2.66 bits per heavy atom. The van der Waals surface area contributed by atoms with Crippen LogP contribution in [0.1, 0.15) is 18.9 Å². The molecule has 0 aliphatic carbocycles. The number of para-hydroxylation sites is 2. The number of anilines is 2. The lowest BCUT2D eigenvalue weighted by atomic mass is 10.1. The van der Waals surface area contributed by atoms with Gasteiger partial charge in [-0.2, -0.15) is 13.2 Å². The number of hydrogen-bond donors (Lipinski definition) is 1. The van der Waals surface area contributed by atoms with Crippen molar-refractivity contribution in [2.45, 2.75) is 25.6 Å². The highest BCUT2D eigenvalue weighted by Crippen LogP contribution is 2.43.